The maximum Gasteiger partial charge on any atom is 0.241 e. The van der Waals surface area contributed by atoms with Gasteiger partial charge in [-0.25, -0.2) is 8.42 Å². The van der Waals surface area contributed by atoms with Crippen molar-refractivity contribution in [2.24, 2.45) is 0 Å². The zero-order chi connectivity index (χ0) is 18.7. The summed E-state index contributed by atoms with van der Waals surface area (Å²) >= 11 is 0. The Morgan fingerprint density at radius 3 is 2.38 bits per heavy atom. The van der Waals surface area contributed by atoms with Crippen LogP contribution in [-0.4, -0.2) is 62.9 Å². The third-order valence-corrected chi connectivity index (χ3v) is 6.40. The quantitative estimate of drug-likeness (QED) is 0.863. The molecule has 0 aliphatic carbocycles. The molecule has 1 atom stereocenters. The van der Waals surface area contributed by atoms with E-state index < -0.39 is 16.1 Å². The van der Waals surface area contributed by atoms with Gasteiger partial charge in [0.05, 0.1) is 10.9 Å². The van der Waals surface area contributed by atoms with E-state index >= 15 is 0 Å². The first-order valence-corrected chi connectivity index (χ1v) is 10.4. The molecule has 6 nitrogen and oxygen atoms in total. The lowest BCUT2D eigenvalue weighted by molar-refractivity contribution is -0.134. The Morgan fingerprint density at radius 1 is 1.08 bits per heavy atom. The van der Waals surface area contributed by atoms with Gasteiger partial charge in [-0.1, -0.05) is 37.3 Å². The van der Waals surface area contributed by atoms with Gasteiger partial charge in [0.15, 0.2) is 0 Å². The van der Waals surface area contributed by atoms with Gasteiger partial charge in [0.25, 0.3) is 0 Å². The Bertz CT molecular complexity index is 890. The van der Waals surface area contributed by atoms with Crippen LogP contribution in [0.5, 0.6) is 0 Å². The third kappa shape index (κ3) is 4.06. The molecule has 1 amide bonds. The number of carbonyl (C=O) groups excluding carboxylic acids is 1. The number of piperazine rings is 1. The van der Waals surface area contributed by atoms with Crippen LogP contribution >= 0.6 is 0 Å². The second-order valence-electron chi connectivity index (χ2n) is 6.61. The van der Waals surface area contributed by atoms with Gasteiger partial charge in [-0.2, -0.15) is 4.72 Å². The largest absolute Gasteiger partial charge is 0.339 e. The monoisotopic (exact) mass is 375 g/mol. The van der Waals surface area contributed by atoms with E-state index in [1.54, 1.807) is 30.0 Å². The van der Waals surface area contributed by atoms with E-state index in [2.05, 4.69) is 16.5 Å². The number of benzene rings is 2. The van der Waals surface area contributed by atoms with Crippen molar-refractivity contribution >= 4 is 26.7 Å². The number of hydrogen-bond acceptors (Lipinski definition) is 4. The summed E-state index contributed by atoms with van der Waals surface area (Å²) in [6.07, 6.45) is 0. The molecule has 0 saturated carbocycles. The molecule has 1 heterocycles. The Labute approximate surface area is 154 Å². The molecule has 0 spiro atoms. The SMILES string of the molecule is CCN1CCN(C(=O)[C@H](C)NS(=O)(=O)c2ccc3ccccc3c2)CC1. The number of rotatable bonds is 5. The Balaban J connectivity index is 1.70. The number of nitrogens with one attached hydrogen (secondary N) is 1. The van der Waals surface area contributed by atoms with Gasteiger partial charge in [-0.05, 0) is 36.4 Å². The average Bonchev–Trinajstić information content (AvgIpc) is 2.66. The van der Waals surface area contributed by atoms with Gasteiger partial charge in [0, 0.05) is 26.2 Å². The summed E-state index contributed by atoms with van der Waals surface area (Å²) in [6.45, 7) is 7.58. The van der Waals surface area contributed by atoms with Crippen LogP contribution in [0.25, 0.3) is 10.8 Å². The standard InChI is InChI=1S/C19H25N3O3S/c1-3-21-10-12-22(13-11-21)19(23)15(2)20-26(24,25)18-9-8-16-6-4-5-7-17(16)14-18/h4-9,14-15,20H,3,10-13H2,1-2H3/t15-/m0/s1. The van der Waals surface area contributed by atoms with Crippen LogP contribution in [0.3, 0.4) is 0 Å². The highest BCUT2D eigenvalue weighted by atomic mass is 32.2. The summed E-state index contributed by atoms with van der Waals surface area (Å²) in [4.78, 5) is 16.8. The van der Waals surface area contributed by atoms with Crippen molar-refractivity contribution in [2.45, 2.75) is 24.8 Å². The van der Waals surface area contributed by atoms with Crippen molar-refractivity contribution in [3.63, 3.8) is 0 Å². The molecular formula is C19H25N3O3S. The van der Waals surface area contributed by atoms with Crippen LogP contribution in [0, 0.1) is 0 Å². The van der Waals surface area contributed by atoms with Crippen LogP contribution in [0.1, 0.15) is 13.8 Å². The van der Waals surface area contributed by atoms with Gasteiger partial charge in [-0.15, -0.1) is 0 Å². The lowest BCUT2D eigenvalue weighted by Crippen LogP contribution is -2.54. The van der Waals surface area contributed by atoms with Crippen molar-refractivity contribution in [3.8, 4) is 0 Å². The minimum Gasteiger partial charge on any atom is -0.339 e. The second kappa shape index (κ2) is 7.73. The molecule has 0 radical (unpaired) electrons. The molecule has 1 fully saturated rings. The van der Waals surface area contributed by atoms with E-state index in [0.717, 1.165) is 30.4 Å². The van der Waals surface area contributed by atoms with Crippen molar-refractivity contribution in [2.75, 3.05) is 32.7 Å². The molecular weight excluding hydrogens is 350 g/mol. The summed E-state index contributed by atoms with van der Waals surface area (Å²) < 4.78 is 27.9. The Morgan fingerprint density at radius 2 is 1.73 bits per heavy atom. The number of amides is 1. The first-order valence-electron chi connectivity index (χ1n) is 8.93. The summed E-state index contributed by atoms with van der Waals surface area (Å²) in [5, 5.41) is 1.83. The summed E-state index contributed by atoms with van der Waals surface area (Å²) in [7, 11) is -3.76. The molecule has 1 aliphatic rings. The highest BCUT2D eigenvalue weighted by molar-refractivity contribution is 7.89. The van der Waals surface area contributed by atoms with E-state index in [0.29, 0.717) is 13.1 Å². The van der Waals surface area contributed by atoms with Crippen LogP contribution in [0.4, 0.5) is 0 Å². The summed E-state index contributed by atoms with van der Waals surface area (Å²) in [6, 6.07) is 11.8. The van der Waals surface area contributed by atoms with E-state index in [-0.39, 0.29) is 10.8 Å². The predicted molar refractivity (Wildman–Crippen MR) is 102 cm³/mol. The molecule has 0 aromatic heterocycles. The van der Waals surface area contributed by atoms with Crippen molar-refractivity contribution in [1.82, 2.24) is 14.5 Å². The lowest BCUT2D eigenvalue weighted by atomic mass is 10.1. The zero-order valence-corrected chi connectivity index (χ0v) is 16.0. The number of carbonyl (C=O) groups is 1. The minimum absolute atomic E-state index is 0.173. The Kier molecular flexibility index (Phi) is 5.60. The van der Waals surface area contributed by atoms with Crippen molar-refractivity contribution in [1.29, 1.82) is 0 Å². The van der Waals surface area contributed by atoms with Gasteiger partial charge < -0.3 is 9.80 Å². The highest BCUT2D eigenvalue weighted by Gasteiger charge is 2.28. The number of nitrogens with zero attached hydrogens (tertiary/aromatic N) is 2. The first-order chi connectivity index (χ1) is 12.4. The molecule has 7 heteroatoms. The van der Waals surface area contributed by atoms with E-state index in [1.165, 1.54) is 0 Å². The van der Waals surface area contributed by atoms with Gasteiger partial charge in [-0.3, -0.25) is 4.79 Å². The molecule has 26 heavy (non-hydrogen) atoms. The van der Waals surface area contributed by atoms with E-state index in [4.69, 9.17) is 0 Å². The topological polar surface area (TPSA) is 69.7 Å². The fourth-order valence-corrected chi connectivity index (χ4v) is 4.48. The molecule has 3 rings (SSSR count). The van der Waals surface area contributed by atoms with Crippen LogP contribution in [0.2, 0.25) is 0 Å². The van der Waals surface area contributed by atoms with E-state index in [1.807, 2.05) is 24.3 Å². The molecule has 1 aliphatic heterocycles. The number of hydrogen-bond donors (Lipinski definition) is 1. The number of fused-ring (bicyclic) bond motifs is 1. The van der Waals surface area contributed by atoms with Crippen molar-refractivity contribution in [3.05, 3.63) is 42.5 Å². The smallest absolute Gasteiger partial charge is 0.241 e. The van der Waals surface area contributed by atoms with Crippen LogP contribution in [-0.2, 0) is 14.8 Å². The lowest BCUT2D eigenvalue weighted by Gasteiger charge is -2.35. The Hall–Kier alpha value is -1.96. The molecule has 2 aromatic carbocycles. The minimum atomic E-state index is -3.76. The molecule has 1 N–H and O–H groups in total. The number of sulfonamides is 1. The van der Waals surface area contributed by atoms with Crippen LogP contribution < -0.4 is 4.72 Å². The maximum absolute atomic E-state index is 12.7. The fourth-order valence-electron chi connectivity index (χ4n) is 3.24. The molecule has 0 bridgehead atoms. The normalized spacial score (nSPS) is 17.4. The average molecular weight is 375 g/mol. The molecule has 2 aromatic rings. The molecule has 0 unspecified atom stereocenters. The van der Waals surface area contributed by atoms with Gasteiger partial charge in [0.2, 0.25) is 15.9 Å². The second-order valence-corrected chi connectivity index (χ2v) is 8.33. The first kappa shape index (κ1) is 18.8. The highest BCUT2D eigenvalue weighted by Crippen LogP contribution is 2.19. The van der Waals surface area contributed by atoms with E-state index in [9.17, 15) is 13.2 Å². The van der Waals surface area contributed by atoms with Crippen LogP contribution in [0.15, 0.2) is 47.4 Å². The number of likely N-dealkylation sites (N-methyl/N-ethyl adjacent to an activating group) is 1. The molecule has 1 saturated heterocycles. The van der Waals surface area contributed by atoms with Gasteiger partial charge >= 0.3 is 0 Å². The predicted octanol–water partition coefficient (Wildman–Crippen LogP) is 1.67. The van der Waals surface area contributed by atoms with Gasteiger partial charge in [0.1, 0.15) is 0 Å². The summed E-state index contributed by atoms with van der Waals surface area (Å²) in [5.41, 5.74) is 0. The van der Waals surface area contributed by atoms with Crippen molar-refractivity contribution < 1.29 is 13.2 Å². The zero-order valence-electron chi connectivity index (χ0n) is 15.2. The fraction of sp³-hybridized carbons (Fsp3) is 0.421. The molecule has 140 valence electrons. The summed E-state index contributed by atoms with van der Waals surface area (Å²) in [5.74, 6) is -0.176. The maximum atomic E-state index is 12.7. The third-order valence-electron chi connectivity index (χ3n) is 4.86.